The van der Waals surface area contributed by atoms with Crippen molar-refractivity contribution in [2.45, 2.75) is 59.5 Å². The number of hydrogen-bond donors (Lipinski definition) is 1. The van der Waals surface area contributed by atoms with Crippen molar-refractivity contribution in [1.82, 2.24) is 10.3 Å². The first-order valence-corrected chi connectivity index (χ1v) is 6.55. The molecule has 114 valence electrons. The van der Waals surface area contributed by atoms with Crippen molar-refractivity contribution in [1.29, 1.82) is 0 Å². The third-order valence-electron chi connectivity index (χ3n) is 2.87. The van der Waals surface area contributed by atoms with E-state index in [4.69, 9.17) is 4.74 Å². The van der Waals surface area contributed by atoms with E-state index in [-0.39, 0.29) is 11.9 Å². The van der Waals surface area contributed by atoms with Crippen LogP contribution in [0.15, 0.2) is 6.07 Å². The highest BCUT2D eigenvalue weighted by Gasteiger charge is 2.38. The predicted molar refractivity (Wildman–Crippen MR) is 71.8 cm³/mol. The molecule has 0 spiro atoms. The zero-order valence-electron chi connectivity index (χ0n) is 12.4. The van der Waals surface area contributed by atoms with Crippen molar-refractivity contribution in [2.75, 3.05) is 0 Å². The van der Waals surface area contributed by atoms with Crippen LogP contribution in [0.4, 0.5) is 13.2 Å². The van der Waals surface area contributed by atoms with Gasteiger partial charge >= 0.3 is 6.18 Å². The maximum Gasteiger partial charge on any atom is 0.425 e. The smallest absolute Gasteiger partial charge is 0.425 e. The summed E-state index contributed by atoms with van der Waals surface area (Å²) >= 11 is 0. The molecule has 0 aliphatic carbocycles. The zero-order valence-corrected chi connectivity index (χ0v) is 12.4. The summed E-state index contributed by atoms with van der Waals surface area (Å²) in [5.41, 5.74) is 2.18. The molecule has 1 aromatic rings. The largest absolute Gasteiger partial charge is 0.465 e. The Morgan fingerprint density at radius 1 is 1.25 bits per heavy atom. The quantitative estimate of drug-likeness (QED) is 0.901. The minimum atomic E-state index is -4.40. The normalized spacial score (nSPS) is 13.7. The van der Waals surface area contributed by atoms with Gasteiger partial charge in [0.1, 0.15) is 0 Å². The number of hydrogen-bond acceptors (Lipinski definition) is 3. The molecule has 0 fully saturated rings. The molecule has 0 amide bonds. The average molecular weight is 290 g/mol. The monoisotopic (exact) mass is 290 g/mol. The van der Waals surface area contributed by atoms with Gasteiger partial charge in [0.15, 0.2) is 6.10 Å². The predicted octanol–water partition coefficient (Wildman–Crippen LogP) is 3.53. The van der Waals surface area contributed by atoms with Crippen LogP contribution >= 0.6 is 0 Å². The summed E-state index contributed by atoms with van der Waals surface area (Å²) in [5, 5.41) is 3.17. The Morgan fingerprint density at radius 2 is 1.85 bits per heavy atom. The first kappa shape index (κ1) is 16.8. The van der Waals surface area contributed by atoms with E-state index >= 15 is 0 Å². The molecule has 0 radical (unpaired) electrons. The molecule has 0 bridgehead atoms. The number of rotatable bonds is 5. The van der Waals surface area contributed by atoms with E-state index < -0.39 is 12.3 Å². The molecule has 20 heavy (non-hydrogen) atoms. The second kappa shape index (κ2) is 6.43. The summed E-state index contributed by atoms with van der Waals surface area (Å²) in [6.07, 6.45) is -6.28. The van der Waals surface area contributed by atoms with E-state index in [1.165, 1.54) is 0 Å². The number of pyridine rings is 1. The van der Waals surface area contributed by atoms with Gasteiger partial charge < -0.3 is 10.1 Å². The Hall–Kier alpha value is -1.30. The number of aromatic nitrogens is 1. The summed E-state index contributed by atoms with van der Waals surface area (Å²) < 4.78 is 42.9. The van der Waals surface area contributed by atoms with Crippen molar-refractivity contribution in [3.8, 4) is 5.88 Å². The Kier molecular flexibility index (Phi) is 5.39. The fraction of sp³-hybridized carbons (Fsp3) is 0.643. The topological polar surface area (TPSA) is 34.1 Å². The molecular formula is C14H21F3N2O. The van der Waals surface area contributed by atoms with Crippen LogP contribution in [0.25, 0.3) is 0 Å². The minimum Gasteiger partial charge on any atom is -0.465 e. The van der Waals surface area contributed by atoms with Crippen molar-refractivity contribution >= 4 is 0 Å². The van der Waals surface area contributed by atoms with E-state index in [1.54, 1.807) is 6.92 Å². The van der Waals surface area contributed by atoms with Crippen LogP contribution in [-0.2, 0) is 6.54 Å². The van der Waals surface area contributed by atoms with Gasteiger partial charge in [0.2, 0.25) is 5.88 Å². The minimum absolute atomic E-state index is 0.0560. The third kappa shape index (κ3) is 4.67. The molecule has 0 aromatic carbocycles. The van der Waals surface area contributed by atoms with Gasteiger partial charge in [-0.3, -0.25) is 0 Å². The fourth-order valence-electron chi connectivity index (χ4n) is 1.68. The van der Waals surface area contributed by atoms with Crippen LogP contribution in [0.3, 0.4) is 0 Å². The van der Waals surface area contributed by atoms with Gasteiger partial charge in [0.25, 0.3) is 0 Å². The number of ether oxygens (including phenoxy) is 1. The van der Waals surface area contributed by atoms with Gasteiger partial charge in [-0.2, -0.15) is 13.2 Å². The Labute approximate surface area is 117 Å². The highest BCUT2D eigenvalue weighted by molar-refractivity contribution is 5.36. The van der Waals surface area contributed by atoms with E-state index in [9.17, 15) is 13.2 Å². The molecule has 0 aliphatic heterocycles. The van der Waals surface area contributed by atoms with Crippen molar-refractivity contribution < 1.29 is 17.9 Å². The van der Waals surface area contributed by atoms with Gasteiger partial charge in [-0.15, -0.1) is 0 Å². The lowest BCUT2D eigenvalue weighted by Crippen LogP contribution is -2.32. The maximum atomic E-state index is 12.6. The summed E-state index contributed by atoms with van der Waals surface area (Å²) in [6, 6.07) is 2.06. The highest BCUT2D eigenvalue weighted by Crippen LogP contribution is 2.27. The Morgan fingerprint density at radius 3 is 2.35 bits per heavy atom. The Balaban J connectivity index is 3.03. The molecule has 1 rings (SSSR count). The SMILES string of the molecule is Cc1cc(C)c(CNC(C)C)c(OC(C)C(F)(F)F)n1. The lowest BCUT2D eigenvalue weighted by atomic mass is 10.1. The number of nitrogens with zero attached hydrogens (tertiary/aromatic N) is 1. The van der Waals surface area contributed by atoms with Crippen molar-refractivity contribution in [3.05, 3.63) is 22.9 Å². The molecule has 3 nitrogen and oxygen atoms in total. The standard InChI is InChI=1S/C14H21F3N2O/c1-8(2)18-7-12-9(3)6-10(4)19-13(12)20-11(5)14(15,16)17/h6,8,11,18H,7H2,1-5H3. The Bertz CT molecular complexity index is 458. The first-order valence-electron chi connectivity index (χ1n) is 6.55. The summed E-state index contributed by atoms with van der Waals surface area (Å²) in [7, 11) is 0. The molecule has 1 N–H and O–H groups in total. The maximum absolute atomic E-state index is 12.6. The first-order chi connectivity index (χ1) is 9.11. The van der Waals surface area contributed by atoms with Crippen molar-refractivity contribution in [3.63, 3.8) is 0 Å². The van der Waals surface area contributed by atoms with Crippen LogP contribution in [0.2, 0.25) is 0 Å². The van der Waals surface area contributed by atoms with E-state index in [2.05, 4.69) is 10.3 Å². The second-order valence-corrected chi connectivity index (χ2v) is 5.20. The number of halogens is 3. The number of aryl methyl sites for hydroxylation is 2. The van der Waals surface area contributed by atoms with Gasteiger partial charge in [-0.05, 0) is 32.4 Å². The molecule has 1 unspecified atom stereocenters. The summed E-state index contributed by atoms with van der Waals surface area (Å²) in [6.45, 7) is 8.93. The molecule has 1 atom stereocenters. The molecule has 0 aliphatic rings. The highest BCUT2D eigenvalue weighted by atomic mass is 19.4. The van der Waals surface area contributed by atoms with Crippen LogP contribution in [-0.4, -0.2) is 23.3 Å². The zero-order chi connectivity index (χ0) is 15.5. The molecule has 0 saturated carbocycles. The summed E-state index contributed by atoms with van der Waals surface area (Å²) in [5.74, 6) is 0.0560. The van der Waals surface area contributed by atoms with Crippen molar-refractivity contribution in [2.24, 2.45) is 0 Å². The van der Waals surface area contributed by atoms with Crippen LogP contribution < -0.4 is 10.1 Å². The fourth-order valence-corrected chi connectivity index (χ4v) is 1.68. The van der Waals surface area contributed by atoms with E-state index in [1.807, 2.05) is 26.8 Å². The lowest BCUT2D eigenvalue weighted by molar-refractivity contribution is -0.190. The lowest BCUT2D eigenvalue weighted by Gasteiger charge is -2.21. The van der Waals surface area contributed by atoms with Gasteiger partial charge in [0.05, 0.1) is 0 Å². The van der Waals surface area contributed by atoms with Crippen LogP contribution in [0, 0.1) is 13.8 Å². The molecule has 1 heterocycles. The van der Waals surface area contributed by atoms with E-state index in [0.29, 0.717) is 17.8 Å². The molecule has 0 saturated heterocycles. The number of nitrogens with one attached hydrogen (secondary N) is 1. The van der Waals surface area contributed by atoms with Gasteiger partial charge in [0, 0.05) is 23.8 Å². The average Bonchev–Trinajstić information content (AvgIpc) is 2.25. The van der Waals surface area contributed by atoms with Gasteiger partial charge in [-0.1, -0.05) is 13.8 Å². The summed E-state index contributed by atoms with van der Waals surface area (Å²) in [4.78, 5) is 4.10. The van der Waals surface area contributed by atoms with E-state index in [0.717, 1.165) is 12.5 Å². The molecule has 1 aromatic heterocycles. The third-order valence-corrected chi connectivity index (χ3v) is 2.87. The van der Waals surface area contributed by atoms with Crippen LogP contribution in [0.1, 0.15) is 37.6 Å². The van der Waals surface area contributed by atoms with Crippen LogP contribution in [0.5, 0.6) is 5.88 Å². The van der Waals surface area contributed by atoms with Gasteiger partial charge in [-0.25, -0.2) is 4.98 Å². The second-order valence-electron chi connectivity index (χ2n) is 5.20. The molecular weight excluding hydrogens is 269 g/mol. The molecule has 6 heteroatoms. The number of alkyl halides is 3.